The van der Waals surface area contributed by atoms with Crippen molar-refractivity contribution < 1.29 is 35.1 Å². The second-order valence-corrected chi connectivity index (χ2v) is 7.79. The van der Waals surface area contributed by atoms with Crippen molar-refractivity contribution in [3.63, 3.8) is 0 Å². The molecule has 1 unspecified atom stereocenters. The Kier molecular flexibility index (Phi) is 6.94. The highest BCUT2D eigenvalue weighted by Crippen LogP contribution is 2.41. The van der Waals surface area contributed by atoms with Gasteiger partial charge < -0.3 is 0 Å². The highest BCUT2D eigenvalue weighted by molar-refractivity contribution is 7.80. The summed E-state index contributed by atoms with van der Waals surface area (Å²) in [6, 6.07) is 16.5. The molecule has 0 fully saturated rings. The lowest BCUT2D eigenvalue weighted by Gasteiger charge is -2.31. The summed E-state index contributed by atoms with van der Waals surface area (Å²) in [5.41, 5.74) is -2.67. The Morgan fingerprint density at radius 3 is 1.69 bits per heavy atom. The number of nitrogens with zero attached hydrogens (tertiary/aromatic N) is 1. The topological polar surface area (TPSA) is 40.5 Å². The van der Waals surface area contributed by atoms with E-state index in [1.165, 1.54) is 0 Å². The lowest BCUT2D eigenvalue weighted by atomic mass is 9.98. The molecule has 1 N–H and O–H groups in total. The molecule has 0 spiro atoms. The van der Waals surface area contributed by atoms with Crippen LogP contribution in [-0.2, 0) is 30.0 Å². The minimum absolute atomic E-state index is 0.0172. The molecular weight excluding hydrogens is 456 g/mol. The summed E-state index contributed by atoms with van der Waals surface area (Å²) >= 11 is -2.93. The van der Waals surface area contributed by atoms with Crippen LogP contribution in [0.4, 0.5) is 32.0 Å². The number of benzene rings is 3. The maximum absolute atomic E-state index is 13.3. The molecule has 3 rings (SSSR count). The fourth-order valence-corrected chi connectivity index (χ4v) is 3.99. The molecule has 0 radical (unpaired) electrons. The van der Waals surface area contributed by atoms with Gasteiger partial charge in [0.05, 0.1) is 22.9 Å². The van der Waals surface area contributed by atoms with E-state index in [0.717, 1.165) is 0 Å². The summed E-state index contributed by atoms with van der Waals surface area (Å²) in [6.07, 6.45) is -10.1. The van der Waals surface area contributed by atoms with Crippen molar-refractivity contribution in [2.45, 2.75) is 24.8 Å². The first-order valence-electron chi connectivity index (χ1n) is 9.25. The van der Waals surface area contributed by atoms with Crippen LogP contribution in [0, 0.1) is 0 Å². The molecule has 3 nitrogen and oxygen atoms in total. The van der Waals surface area contributed by atoms with Crippen molar-refractivity contribution in [3.05, 3.63) is 101 Å². The van der Waals surface area contributed by atoms with Crippen molar-refractivity contribution >= 4 is 17.0 Å². The minimum Gasteiger partial charge on any atom is -0.289 e. The molecule has 0 heterocycles. The molecule has 0 saturated heterocycles. The van der Waals surface area contributed by atoms with Gasteiger partial charge >= 0.3 is 12.4 Å². The summed E-state index contributed by atoms with van der Waals surface area (Å²) in [5.74, 6) is 0. The highest BCUT2D eigenvalue weighted by Gasteiger charge is 2.38. The van der Waals surface area contributed by atoms with Gasteiger partial charge in [-0.2, -0.15) is 26.3 Å². The van der Waals surface area contributed by atoms with Crippen molar-refractivity contribution in [1.82, 2.24) is 0 Å². The van der Waals surface area contributed by atoms with Crippen molar-refractivity contribution in [3.8, 4) is 0 Å². The van der Waals surface area contributed by atoms with Crippen LogP contribution in [-0.4, -0.2) is 8.76 Å². The van der Waals surface area contributed by atoms with Crippen LogP contribution >= 0.6 is 0 Å². The van der Waals surface area contributed by atoms with Crippen LogP contribution in [0.1, 0.15) is 28.3 Å². The Labute approximate surface area is 182 Å². The predicted molar refractivity (Wildman–Crippen MR) is 109 cm³/mol. The number of rotatable bonds is 6. The maximum atomic E-state index is 13.3. The van der Waals surface area contributed by atoms with Crippen LogP contribution in [0.3, 0.4) is 0 Å². The quantitative estimate of drug-likeness (QED) is 0.322. The Morgan fingerprint density at radius 2 is 1.25 bits per heavy atom. The van der Waals surface area contributed by atoms with Gasteiger partial charge in [0.25, 0.3) is 11.3 Å². The standard InChI is InChI=1S/C22H17F6NO2S/c23-21(24,25)17-12-18(22(26,27)28)14-19(13-17)29(32(30)31)20(16-9-5-2-6-10-16)11-15-7-3-1-4-8-15/h1-10,12-14,20H,11H2,(H,30,31)/t20-/m1/s1. The van der Waals surface area contributed by atoms with Gasteiger partial charge in [-0.15, -0.1) is 0 Å². The molecule has 0 bridgehead atoms. The van der Waals surface area contributed by atoms with Crippen molar-refractivity contribution in [2.24, 2.45) is 0 Å². The van der Waals surface area contributed by atoms with Crippen LogP contribution in [0.15, 0.2) is 78.9 Å². The Balaban J connectivity index is 2.20. The first-order valence-corrected chi connectivity index (χ1v) is 10.3. The molecule has 0 saturated carbocycles. The van der Waals surface area contributed by atoms with Crippen molar-refractivity contribution in [2.75, 3.05) is 4.31 Å². The fraction of sp³-hybridized carbons (Fsp3) is 0.182. The van der Waals surface area contributed by atoms with Crippen LogP contribution in [0.25, 0.3) is 0 Å². The summed E-state index contributed by atoms with van der Waals surface area (Å²) in [4.78, 5) is 0. The zero-order valence-electron chi connectivity index (χ0n) is 16.3. The SMILES string of the molecule is O=S(O)N(c1cc(C(F)(F)F)cc(C(F)(F)F)c1)[C@H](Cc1ccccc1)c1ccccc1. The normalized spacial score (nSPS) is 14.1. The summed E-state index contributed by atoms with van der Waals surface area (Å²) in [6.45, 7) is 0. The molecule has 170 valence electrons. The van der Waals surface area contributed by atoms with Crippen LogP contribution in [0.5, 0.6) is 0 Å². The van der Waals surface area contributed by atoms with Gasteiger partial charge in [0.2, 0.25) is 0 Å². The number of hydrogen-bond donors (Lipinski definition) is 1. The molecule has 2 atom stereocenters. The summed E-state index contributed by atoms with van der Waals surface area (Å²) in [7, 11) is 0. The van der Waals surface area contributed by atoms with Crippen LogP contribution in [0.2, 0.25) is 0 Å². The maximum Gasteiger partial charge on any atom is 0.416 e. The van der Waals surface area contributed by atoms with E-state index in [0.29, 0.717) is 27.6 Å². The lowest BCUT2D eigenvalue weighted by Crippen LogP contribution is -2.32. The largest absolute Gasteiger partial charge is 0.416 e. The van der Waals surface area contributed by atoms with Gasteiger partial charge in [-0.3, -0.25) is 8.86 Å². The van der Waals surface area contributed by atoms with Gasteiger partial charge in [-0.05, 0) is 35.7 Å². The zero-order chi connectivity index (χ0) is 23.5. The first-order chi connectivity index (χ1) is 15.0. The van der Waals surface area contributed by atoms with E-state index in [1.807, 2.05) is 0 Å². The molecule has 32 heavy (non-hydrogen) atoms. The van der Waals surface area contributed by atoms with E-state index in [4.69, 9.17) is 0 Å². The van der Waals surface area contributed by atoms with E-state index >= 15 is 0 Å². The average Bonchev–Trinajstić information content (AvgIpc) is 2.73. The number of alkyl halides is 6. The van der Waals surface area contributed by atoms with Crippen molar-refractivity contribution in [1.29, 1.82) is 0 Å². The molecule has 0 aliphatic carbocycles. The predicted octanol–water partition coefficient (Wildman–Crippen LogP) is 6.65. The van der Waals surface area contributed by atoms with E-state index in [9.17, 15) is 35.1 Å². The third kappa shape index (κ3) is 5.68. The number of hydrogen-bond acceptors (Lipinski definition) is 1. The molecule has 0 aromatic heterocycles. The summed E-state index contributed by atoms with van der Waals surface area (Å²) < 4.78 is 103. The zero-order valence-corrected chi connectivity index (χ0v) is 17.1. The van der Waals surface area contributed by atoms with Gasteiger partial charge in [-0.25, -0.2) is 4.21 Å². The Morgan fingerprint density at radius 1 is 0.781 bits per heavy atom. The van der Waals surface area contributed by atoms with E-state index in [-0.39, 0.29) is 12.5 Å². The second kappa shape index (κ2) is 9.33. The molecule has 10 heteroatoms. The molecular formula is C22H17F6NO2S. The Bertz CT molecular complexity index is 1040. The molecule has 0 aliphatic rings. The van der Waals surface area contributed by atoms with E-state index < -0.39 is 46.5 Å². The molecule has 0 aliphatic heterocycles. The lowest BCUT2D eigenvalue weighted by molar-refractivity contribution is -0.143. The van der Waals surface area contributed by atoms with Gasteiger partial charge in [0.1, 0.15) is 0 Å². The molecule has 0 amide bonds. The smallest absolute Gasteiger partial charge is 0.289 e. The van der Waals surface area contributed by atoms with Gasteiger partial charge in [0, 0.05) is 0 Å². The highest BCUT2D eigenvalue weighted by atomic mass is 32.2. The number of halogens is 6. The average molecular weight is 473 g/mol. The monoisotopic (exact) mass is 473 g/mol. The fourth-order valence-electron chi connectivity index (χ4n) is 3.29. The summed E-state index contributed by atoms with van der Waals surface area (Å²) in [5, 5.41) is 0. The number of anilines is 1. The molecule has 3 aromatic rings. The minimum atomic E-state index is -5.08. The van der Waals surface area contributed by atoms with E-state index in [2.05, 4.69) is 0 Å². The first kappa shape index (κ1) is 23.8. The Hall–Kier alpha value is -2.85. The second-order valence-electron chi connectivity index (χ2n) is 6.94. The third-order valence-corrected chi connectivity index (χ3v) is 5.54. The van der Waals surface area contributed by atoms with Crippen LogP contribution < -0.4 is 4.31 Å². The molecule has 3 aromatic carbocycles. The van der Waals surface area contributed by atoms with E-state index in [1.54, 1.807) is 60.7 Å². The third-order valence-electron chi connectivity index (χ3n) is 4.73. The van der Waals surface area contributed by atoms with Gasteiger partial charge in [0.15, 0.2) is 0 Å². The van der Waals surface area contributed by atoms with Gasteiger partial charge in [-0.1, -0.05) is 60.7 Å².